The number of nitrogens with one attached hydrogen (secondary N) is 1. The minimum atomic E-state index is 0.364. The van der Waals surface area contributed by atoms with E-state index in [9.17, 15) is 0 Å². The van der Waals surface area contributed by atoms with Crippen molar-refractivity contribution < 1.29 is 0 Å². The van der Waals surface area contributed by atoms with Crippen molar-refractivity contribution in [2.24, 2.45) is 0 Å². The molecule has 1 aromatic heterocycles. The molecule has 1 fully saturated rings. The van der Waals surface area contributed by atoms with E-state index in [1.165, 1.54) is 60.3 Å². The highest BCUT2D eigenvalue weighted by atomic mass is 35.5. The highest BCUT2D eigenvalue weighted by molar-refractivity contribution is 6.30. The van der Waals surface area contributed by atoms with Gasteiger partial charge in [0.1, 0.15) is 5.82 Å². The molecule has 162 valence electrons. The van der Waals surface area contributed by atoms with Gasteiger partial charge in [-0.3, -0.25) is 4.90 Å². The molecule has 5 heteroatoms. The van der Waals surface area contributed by atoms with Crippen LogP contribution in [0.3, 0.4) is 0 Å². The van der Waals surface area contributed by atoms with Gasteiger partial charge in [0.15, 0.2) is 0 Å². The molecule has 31 heavy (non-hydrogen) atoms. The molecule has 2 aromatic carbocycles. The monoisotopic (exact) mass is 434 g/mol. The average Bonchev–Trinajstić information content (AvgIpc) is 2.97. The second-order valence-corrected chi connectivity index (χ2v) is 9.34. The fraction of sp³-hybridized carbons (Fsp3) is 0.423. The van der Waals surface area contributed by atoms with Crippen molar-refractivity contribution in [1.29, 1.82) is 0 Å². The van der Waals surface area contributed by atoms with Crippen molar-refractivity contribution in [2.75, 3.05) is 18.4 Å². The maximum Gasteiger partial charge on any atom is 0.133 e. The lowest BCUT2D eigenvalue weighted by Gasteiger charge is -2.35. The minimum absolute atomic E-state index is 0.364. The Balaban J connectivity index is 1.57. The van der Waals surface area contributed by atoms with Gasteiger partial charge in [-0.05, 0) is 68.8 Å². The normalized spacial score (nSPS) is 19.5. The summed E-state index contributed by atoms with van der Waals surface area (Å²) in [6.45, 7) is 5.25. The summed E-state index contributed by atoms with van der Waals surface area (Å²) >= 11 is 6.38. The Labute approximate surface area is 190 Å². The lowest BCUT2D eigenvalue weighted by Crippen LogP contribution is -2.33. The second-order valence-electron chi connectivity index (χ2n) is 8.91. The Bertz CT molecular complexity index is 1040. The summed E-state index contributed by atoms with van der Waals surface area (Å²) in [5.41, 5.74) is 6.32. The van der Waals surface area contributed by atoms with Crippen molar-refractivity contribution in [3.05, 3.63) is 75.9 Å². The van der Waals surface area contributed by atoms with Crippen molar-refractivity contribution in [3.63, 3.8) is 0 Å². The van der Waals surface area contributed by atoms with Crippen LogP contribution in [0.15, 0.2) is 48.5 Å². The van der Waals surface area contributed by atoms with E-state index in [-0.39, 0.29) is 0 Å². The Morgan fingerprint density at radius 2 is 1.94 bits per heavy atom. The molecule has 0 aliphatic carbocycles. The van der Waals surface area contributed by atoms with Gasteiger partial charge in [-0.2, -0.15) is 5.10 Å². The van der Waals surface area contributed by atoms with Gasteiger partial charge in [0.25, 0.3) is 0 Å². The zero-order chi connectivity index (χ0) is 21.2. The average molecular weight is 435 g/mol. The standard InChI is InChI=1S/C26H31ClN4/c1-19-13-14-21(27)17-24(19)31-26-22(11-5-7-15-28-26)25(29-31)23-12-6-8-16-30(23)18-20-9-3-2-4-10-20/h2-4,9-10,13-14,17,23,28H,5-8,11-12,15-16,18H2,1H3. The third-order valence-corrected chi connectivity index (χ3v) is 6.95. The number of rotatable bonds is 4. The van der Waals surface area contributed by atoms with Crippen molar-refractivity contribution in [1.82, 2.24) is 14.7 Å². The summed E-state index contributed by atoms with van der Waals surface area (Å²) in [4.78, 5) is 2.64. The number of piperidine rings is 1. The molecule has 0 radical (unpaired) electrons. The van der Waals surface area contributed by atoms with Crippen LogP contribution < -0.4 is 5.32 Å². The molecule has 1 N–H and O–H groups in total. The van der Waals surface area contributed by atoms with E-state index in [0.29, 0.717) is 6.04 Å². The summed E-state index contributed by atoms with van der Waals surface area (Å²) in [5.74, 6) is 1.17. The Morgan fingerprint density at radius 1 is 1.06 bits per heavy atom. The van der Waals surface area contributed by atoms with Crippen LogP contribution in [0.5, 0.6) is 0 Å². The molecule has 1 atom stereocenters. The topological polar surface area (TPSA) is 33.1 Å². The van der Waals surface area contributed by atoms with E-state index in [4.69, 9.17) is 16.7 Å². The van der Waals surface area contributed by atoms with E-state index in [2.05, 4.69) is 58.2 Å². The number of nitrogens with zero attached hydrogens (tertiary/aromatic N) is 3. The third-order valence-electron chi connectivity index (χ3n) is 6.72. The summed E-state index contributed by atoms with van der Waals surface area (Å²) in [6.07, 6.45) is 7.19. The van der Waals surface area contributed by atoms with Crippen LogP contribution in [0, 0.1) is 6.92 Å². The van der Waals surface area contributed by atoms with Gasteiger partial charge in [0, 0.05) is 23.7 Å². The number of hydrogen-bond acceptors (Lipinski definition) is 3. The molecular formula is C26H31ClN4. The molecule has 0 saturated carbocycles. The van der Waals surface area contributed by atoms with E-state index in [1.54, 1.807) is 0 Å². The summed E-state index contributed by atoms with van der Waals surface area (Å²) in [5, 5.41) is 9.73. The largest absolute Gasteiger partial charge is 0.370 e. The van der Waals surface area contributed by atoms with Crippen LogP contribution in [0.4, 0.5) is 5.82 Å². The summed E-state index contributed by atoms with van der Waals surface area (Å²) in [6, 6.07) is 17.3. The van der Waals surface area contributed by atoms with E-state index < -0.39 is 0 Å². The van der Waals surface area contributed by atoms with Crippen LogP contribution >= 0.6 is 11.6 Å². The highest BCUT2D eigenvalue weighted by Gasteiger charge is 2.31. The number of hydrogen-bond donors (Lipinski definition) is 1. The highest BCUT2D eigenvalue weighted by Crippen LogP contribution is 2.39. The number of fused-ring (bicyclic) bond motifs is 1. The SMILES string of the molecule is Cc1ccc(Cl)cc1-n1nc(C2CCCCN2Cc2ccccc2)c2c1NCCCC2. The maximum absolute atomic E-state index is 6.38. The molecule has 1 saturated heterocycles. The van der Waals surface area contributed by atoms with Crippen LogP contribution in [0.25, 0.3) is 5.69 Å². The van der Waals surface area contributed by atoms with E-state index in [1.807, 2.05) is 12.1 Å². The molecule has 1 unspecified atom stereocenters. The van der Waals surface area contributed by atoms with Gasteiger partial charge in [-0.15, -0.1) is 0 Å². The number of aromatic nitrogens is 2. The smallest absolute Gasteiger partial charge is 0.133 e. The number of aryl methyl sites for hydroxylation is 1. The first-order valence-corrected chi connectivity index (χ1v) is 12.0. The predicted octanol–water partition coefficient (Wildman–Crippen LogP) is 6.31. The summed E-state index contributed by atoms with van der Waals surface area (Å²) in [7, 11) is 0. The van der Waals surface area contributed by atoms with Gasteiger partial charge < -0.3 is 5.32 Å². The first-order chi connectivity index (χ1) is 15.2. The summed E-state index contributed by atoms with van der Waals surface area (Å²) < 4.78 is 2.13. The van der Waals surface area contributed by atoms with Gasteiger partial charge in [0.05, 0.1) is 17.4 Å². The molecule has 0 bridgehead atoms. The molecule has 4 nitrogen and oxygen atoms in total. The number of likely N-dealkylation sites (tertiary alicyclic amines) is 1. The van der Waals surface area contributed by atoms with E-state index >= 15 is 0 Å². The first kappa shape index (κ1) is 20.6. The van der Waals surface area contributed by atoms with Gasteiger partial charge in [-0.1, -0.05) is 54.4 Å². The zero-order valence-corrected chi connectivity index (χ0v) is 19.0. The van der Waals surface area contributed by atoms with Crippen LogP contribution in [-0.2, 0) is 13.0 Å². The molecular weight excluding hydrogens is 404 g/mol. The molecule has 5 rings (SSSR count). The first-order valence-electron chi connectivity index (χ1n) is 11.6. The van der Waals surface area contributed by atoms with Gasteiger partial charge >= 0.3 is 0 Å². The lowest BCUT2D eigenvalue weighted by molar-refractivity contribution is 0.136. The number of benzene rings is 2. The maximum atomic E-state index is 6.38. The zero-order valence-electron chi connectivity index (χ0n) is 18.3. The molecule has 3 aromatic rings. The Hall–Kier alpha value is -2.30. The molecule has 0 amide bonds. The lowest BCUT2D eigenvalue weighted by atomic mass is 9.94. The molecule has 0 spiro atoms. The number of anilines is 1. The Kier molecular flexibility index (Phi) is 6.02. The second kappa shape index (κ2) is 9.05. The predicted molar refractivity (Wildman–Crippen MR) is 128 cm³/mol. The minimum Gasteiger partial charge on any atom is -0.370 e. The van der Waals surface area contributed by atoms with Crippen LogP contribution in [-0.4, -0.2) is 27.8 Å². The number of halogens is 1. The molecule has 2 aliphatic rings. The fourth-order valence-corrected chi connectivity index (χ4v) is 5.26. The fourth-order valence-electron chi connectivity index (χ4n) is 5.09. The van der Waals surface area contributed by atoms with Crippen molar-refractivity contribution in [2.45, 2.75) is 58.0 Å². The third kappa shape index (κ3) is 4.24. The van der Waals surface area contributed by atoms with Crippen LogP contribution in [0.2, 0.25) is 5.02 Å². The molecule has 2 aliphatic heterocycles. The van der Waals surface area contributed by atoms with Crippen molar-refractivity contribution in [3.8, 4) is 5.69 Å². The Morgan fingerprint density at radius 3 is 2.81 bits per heavy atom. The van der Waals surface area contributed by atoms with Gasteiger partial charge in [-0.25, -0.2) is 4.68 Å². The molecule has 3 heterocycles. The van der Waals surface area contributed by atoms with Crippen molar-refractivity contribution >= 4 is 17.4 Å². The quantitative estimate of drug-likeness (QED) is 0.522. The van der Waals surface area contributed by atoms with Crippen LogP contribution in [0.1, 0.15) is 60.5 Å². The van der Waals surface area contributed by atoms with E-state index in [0.717, 1.165) is 36.8 Å². The van der Waals surface area contributed by atoms with Gasteiger partial charge in [0.2, 0.25) is 0 Å².